The minimum atomic E-state index is -3.23. The summed E-state index contributed by atoms with van der Waals surface area (Å²) in [6.07, 6.45) is 1.26. The highest BCUT2D eigenvalue weighted by molar-refractivity contribution is 7.90. The van der Waals surface area contributed by atoms with Gasteiger partial charge in [-0.2, -0.15) is 0 Å². The van der Waals surface area contributed by atoms with Crippen LogP contribution in [0.25, 0.3) is 0 Å². The van der Waals surface area contributed by atoms with Gasteiger partial charge in [0, 0.05) is 17.3 Å². The number of hydrogen-bond donors (Lipinski definition) is 2. The summed E-state index contributed by atoms with van der Waals surface area (Å²) in [7, 11) is -3.23. The van der Waals surface area contributed by atoms with Crippen LogP contribution in [0.15, 0.2) is 34.5 Å². The van der Waals surface area contributed by atoms with Crippen LogP contribution in [0.3, 0.4) is 0 Å². The number of amides is 1. The molecule has 2 aromatic rings. The lowest BCUT2D eigenvalue weighted by Crippen LogP contribution is -2.14. The first-order valence-electron chi connectivity index (χ1n) is 5.64. The Morgan fingerprint density at radius 2 is 2.00 bits per heavy atom. The molecule has 0 radical (unpaired) electrons. The summed E-state index contributed by atoms with van der Waals surface area (Å²) in [5.41, 5.74) is 6.63. The molecule has 0 aliphatic heterocycles. The zero-order valence-electron chi connectivity index (χ0n) is 10.7. The van der Waals surface area contributed by atoms with Crippen molar-refractivity contribution in [2.75, 3.05) is 17.3 Å². The molecule has 20 heavy (non-hydrogen) atoms. The van der Waals surface area contributed by atoms with Crippen LogP contribution in [0.1, 0.15) is 5.69 Å². The molecule has 0 saturated heterocycles. The van der Waals surface area contributed by atoms with Crippen molar-refractivity contribution in [3.63, 3.8) is 0 Å². The van der Waals surface area contributed by atoms with Crippen LogP contribution in [0.2, 0.25) is 0 Å². The van der Waals surface area contributed by atoms with Crippen molar-refractivity contribution < 1.29 is 13.2 Å². The molecule has 1 amide bonds. The Hall–Kier alpha value is -1.93. The minimum absolute atomic E-state index is 0.127. The molecule has 6 nitrogen and oxygen atoms in total. The summed E-state index contributed by atoms with van der Waals surface area (Å²) < 4.78 is 22.6. The smallest absolute Gasteiger partial charge is 0.230 e. The van der Waals surface area contributed by atoms with Gasteiger partial charge in [0.25, 0.3) is 0 Å². The van der Waals surface area contributed by atoms with Crippen molar-refractivity contribution >= 4 is 37.9 Å². The highest BCUT2D eigenvalue weighted by Gasteiger charge is 2.09. The Kier molecular flexibility index (Phi) is 4.05. The number of carbonyl (C=O) groups is 1. The lowest BCUT2D eigenvalue weighted by Gasteiger charge is -2.05. The predicted octanol–water partition coefficient (Wildman–Crippen LogP) is 1.31. The Bertz CT molecular complexity index is 721. The number of anilines is 2. The molecule has 0 atom stereocenters. The normalized spacial score (nSPS) is 11.2. The number of rotatable bonds is 4. The third-order valence-electron chi connectivity index (χ3n) is 2.48. The molecule has 1 aromatic heterocycles. The van der Waals surface area contributed by atoms with Gasteiger partial charge in [-0.15, -0.1) is 11.3 Å². The fourth-order valence-corrected chi connectivity index (χ4v) is 2.75. The lowest BCUT2D eigenvalue weighted by molar-refractivity contribution is -0.115. The van der Waals surface area contributed by atoms with Gasteiger partial charge < -0.3 is 11.1 Å². The molecule has 0 bridgehead atoms. The van der Waals surface area contributed by atoms with Gasteiger partial charge in [-0.1, -0.05) is 0 Å². The molecule has 0 unspecified atom stereocenters. The van der Waals surface area contributed by atoms with Crippen molar-refractivity contribution in [2.24, 2.45) is 0 Å². The van der Waals surface area contributed by atoms with Gasteiger partial charge >= 0.3 is 0 Å². The highest BCUT2D eigenvalue weighted by atomic mass is 32.2. The van der Waals surface area contributed by atoms with E-state index in [1.54, 1.807) is 17.5 Å². The van der Waals surface area contributed by atoms with Crippen molar-refractivity contribution in [2.45, 2.75) is 11.3 Å². The number of aromatic nitrogens is 1. The maximum atomic E-state index is 11.8. The van der Waals surface area contributed by atoms with E-state index in [1.165, 1.54) is 23.5 Å². The molecule has 2 rings (SSSR count). The topological polar surface area (TPSA) is 102 Å². The predicted molar refractivity (Wildman–Crippen MR) is 78.4 cm³/mol. The van der Waals surface area contributed by atoms with Gasteiger partial charge in [-0.25, -0.2) is 13.4 Å². The number of nitrogen functional groups attached to an aromatic ring is 1. The van der Waals surface area contributed by atoms with Crippen molar-refractivity contribution in [3.8, 4) is 0 Å². The van der Waals surface area contributed by atoms with E-state index in [-0.39, 0.29) is 17.2 Å². The van der Waals surface area contributed by atoms with Crippen LogP contribution >= 0.6 is 11.3 Å². The van der Waals surface area contributed by atoms with Gasteiger partial charge in [-0.3, -0.25) is 4.79 Å². The van der Waals surface area contributed by atoms with Crippen molar-refractivity contribution in [1.29, 1.82) is 0 Å². The standard InChI is InChI=1S/C12H13N3O3S2/c1-20(17,18)10-4-2-8(3-5-10)14-11(16)6-9-7-19-12(13)15-9/h2-5,7H,6H2,1H3,(H2,13,15)(H,14,16). The molecule has 0 saturated carbocycles. The van der Waals surface area contributed by atoms with Crippen LogP contribution < -0.4 is 11.1 Å². The number of thiazole rings is 1. The Morgan fingerprint density at radius 3 is 2.50 bits per heavy atom. The van der Waals surface area contributed by atoms with E-state index in [0.717, 1.165) is 6.26 Å². The van der Waals surface area contributed by atoms with Gasteiger partial charge in [0.1, 0.15) is 0 Å². The number of carbonyl (C=O) groups excluding carboxylic acids is 1. The summed E-state index contributed by atoms with van der Waals surface area (Å²) in [5, 5.41) is 4.81. The van der Waals surface area contributed by atoms with E-state index < -0.39 is 9.84 Å². The Labute approximate surface area is 120 Å². The third-order valence-corrected chi connectivity index (χ3v) is 4.33. The van der Waals surface area contributed by atoms with Gasteiger partial charge in [-0.05, 0) is 24.3 Å². The average molecular weight is 311 g/mol. The molecule has 106 valence electrons. The first kappa shape index (κ1) is 14.5. The van der Waals surface area contributed by atoms with E-state index in [2.05, 4.69) is 10.3 Å². The van der Waals surface area contributed by atoms with Gasteiger partial charge in [0.15, 0.2) is 15.0 Å². The largest absolute Gasteiger partial charge is 0.375 e. The van der Waals surface area contributed by atoms with E-state index in [0.29, 0.717) is 16.5 Å². The second-order valence-corrected chi connectivity index (χ2v) is 7.10. The first-order valence-corrected chi connectivity index (χ1v) is 8.41. The molecule has 3 N–H and O–H groups in total. The molecular weight excluding hydrogens is 298 g/mol. The monoisotopic (exact) mass is 311 g/mol. The summed E-state index contributed by atoms with van der Waals surface area (Å²) in [6.45, 7) is 0. The average Bonchev–Trinajstić information content (AvgIpc) is 2.74. The van der Waals surface area contributed by atoms with Gasteiger partial charge in [0.05, 0.1) is 17.0 Å². The highest BCUT2D eigenvalue weighted by Crippen LogP contribution is 2.15. The number of sulfone groups is 1. The molecule has 0 aliphatic carbocycles. The third kappa shape index (κ3) is 3.78. The summed E-state index contributed by atoms with van der Waals surface area (Å²) in [5.74, 6) is -0.234. The van der Waals surface area contributed by atoms with E-state index in [1.807, 2.05) is 0 Å². The van der Waals surface area contributed by atoms with E-state index in [4.69, 9.17) is 5.73 Å². The van der Waals surface area contributed by atoms with Crippen molar-refractivity contribution in [3.05, 3.63) is 35.3 Å². The summed E-state index contributed by atoms with van der Waals surface area (Å²) >= 11 is 1.28. The van der Waals surface area contributed by atoms with Crippen LogP contribution in [0.5, 0.6) is 0 Å². The van der Waals surface area contributed by atoms with E-state index >= 15 is 0 Å². The quantitative estimate of drug-likeness (QED) is 0.886. The number of nitrogens with two attached hydrogens (primary N) is 1. The SMILES string of the molecule is CS(=O)(=O)c1ccc(NC(=O)Cc2csc(N)n2)cc1. The van der Waals surface area contributed by atoms with Crippen LogP contribution in [0.4, 0.5) is 10.8 Å². The van der Waals surface area contributed by atoms with Crippen molar-refractivity contribution in [1.82, 2.24) is 4.98 Å². The number of nitrogens with zero attached hydrogens (tertiary/aromatic N) is 1. The van der Waals surface area contributed by atoms with Crippen LogP contribution in [0, 0.1) is 0 Å². The van der Waals surface area contributed by atoms with Crippen LogP contribution in [-0.2, 0) is 21.1 Å². The molecule has 8 heteroatoms. The fraction of sp³-hybridized carbons (Fsp3) is 0.167. The Balaban J connectivity index is 2.01. The molecule has 0 aliphatic rings. The number of hydrogen-bond acceptors (Lipinski definition) is 6. The Morgan fingerprint density at radius 1 is 1.35 bits per heavy atom. The van der Waals surface area contributed by atoms with Crippen LogP contribution in [-0.4, -0.2) is 25.6 Å². The molecule has 1 aromatic carbocycles. The zero-order chi connectivity index (χ0) is 14.8. The number of benzene rings is 1. The molecule has 0 spiro atoms. The van der Waals surface area contributed by atoms with Gasteiger partial charge in [0.2, 0.25) is 5.91 Å². The molecular formula is C12H13N3O3S2. The number of nitrogens with one attached hydrogen (secondary N) is 1. The zero-order valence-corrected chi connectivity index (χ0v) is 12.3. The maximum absolute atomic E-state index is 11.8. The second kappa shape index (κ2) is 5.59. The molecule has 1 heterocycles. The maximum Gasteiger partial charge on any atom is 0.230 e. The fourth-order valence-electron chi connectivity index (χ4n) is 1.56. The lowest BCUT2D eigenvalue weighted by atomic mass is 10.3. The first-order chi connectivity index (χ1) is 9.34. The summed E-state index contributed by atoms with van der Waals surface area (Å²) in [6, 6.07) is 5.99. The molecule has 0 fully saturated rings. The minimum Gasteiger partial charge on any atom is -0.375 e. The summed E-state index contributed by atoms with van der Waals surface area (Å²) in [4.78, 5) is 16.0. The van der Waals surface area contributed by atoms with E-state index in [9.17, 15) is 13.2 Å². The second-order valence-electron chi connectivity index (χ2n) is 4.20.